The summed E-state index contributed by atoms with van der Waals surface area (Å²) in [5.74, 6) is -0.906. The van der Waals surface area contributed by atoms with Gasteiger partial charge in [-0.25, -0.2) is 0 Å². The van der Waals surface area contributed by atoms with Gasteiger partial charge in [0.2, 0.25) is 0 Å². The molecule has 0 rings (SSSR count). The Hall–Kier alpha value is -3.15. The first-order valence-corrected chi connectivity index (χ1v) is 35.9. The molecule has 0 aliphatic heterocycles. The van der Waals surface area contributed by atoms with Gasteiger partial charge in [0.15, 0.2) is 6.10 Å². The van der Waals surface area contributed by atoms with Gasteiger partial charge in [0.1, 0.15) is 13.2 Å². The molecule has 82 heavy (non-hydrogen) atoms. The van der Waals surface area contributed by atoms with Crippen LogP contribution >= 0.6 is 0 Å². The van der Waals surface area contributed by atoms with E-state index in [9.17, 15) is 14.4 Å². The van der Waals surface area contributed by atoms with Gasteiger partial charge in [0.25, 0.3) is 0 Å². The summed E-state index contributed by atoms with van der Waals surface area (Å²) in [4.78, 5) is 38.5. The van der Waals surface area contributed by atoms with Crippen molar-refractivity contribution in [3.8, 4) is 0 Å². The summed E-state index contributed by atoms with van der Waals surface area (Å²) in [7, 11) is 0. The zero-order valence-corrected chi connectivity index (χ0v) is 54.8. The molecule has 0 amide bonds. The fraction of sp³-hybridized carbons (Fsp3) is 0.803. The van der Waals surface area contributed by atoms with Crippen molar-refractivity contribution in [2.24, 2.45) is 0 Å². The zero-order chi connectivity index (χ0) is 59.2. The highest BCUT2D eigenvalue weighted by atomic mass is 16.6. The quantitative estimate of drug-likeness (QED) is 0.0261. The van der Waals surface area contributed by atoms with Crippen LogP contribution < -0.4 is 0 Å². The fourth-order valence-electron chi connectivity index (χ4n) is 10.6. The van der Waals surface area contributed by atoms with Gasteiger partial charge in [0.05, 0.1) is 0 Å². The minimum absolute atomic E-state index is 0.0882. The molecule has 0 saturated heterocycles. The third-order valence-corrected chi connectivity index (χ3v) is 16.0. The molecule has 0 fully saturated rings. The Kier molecular flexibility index (Phi) is 67.6. The summed E-state index contributed by atoms with van der Waals surface area (Å²) in [5.41, 5.74) is 0. The molecule has 0 aromatic heterocycles. The molecule has 0 N–H and O–H groups in total. The van der Waals surface area contributed by atoms with E-state index in [4.69, 9.17) is 14.2 Å². The predicted molar refractivity (Wildman–Crippen MR) is 358 cm³/mol. The molecule has 0 aliphatic carbocycles. The van der Waals surface area contributed by atoms with Crippen LogP contribution in [0.15, 0.2) is 72.9 Å². The summed E-state index contributed by atoms with van der Waals surface area (Å²) >= 11 is 0. The second-order valence-corrected chi connectivity index (χ2v) is 24.1. The first kappa shape index (κ1) is 78.8. The van der Waals surface area contributed by atoms with Gasteiger partial charge >= 0.3 is 17.9 Å². The average molecular weight is 1150 g/mol. The maximum Gasteiger partial charge on any atom is 0.306 e. The third-order valence-electron chi connectivity index (χ3n) is 16.0. The van der Waals surface area contributed by atoms with Crippen molar-refractivity contribution in [1.82, 2.24) is 0 Å². The second kappa shape index (κ2) is 70.3. The van der Waals surface area contributed by atoms with Gasteiger partial charge < -0.3 is 14.2 Å². The molecule has 0 heterocycles. The van der Waals surface area contributed by atoms with Crippen LogP contribution in [0.3, 0.4) is 0 Å². The lowest BCUT2D eigenvalue weighted by atomic mass is 10.0. The van der Waals surface area contributed by atoms with Crippen molar-refractivity contribution in [3.05, 3.63) is 72.9 Å². The van der Waals surface area contributed by atoms with E-state index < -0.39 is 6.10 Å². The SMILES string of the molecule is CC/C=C\C/C=C\C/C=C\C/C=C\C/C=C\C/C=C\CCCCC(=O)OC(COC(=O)CCCCCCCCCCCCCCCCCCCCC)COC(=O)CCCCCCCCCCCCCCCCCCCCCCCCCC. The number of carbonyl (C=O) groups is 3. The highest BCUT2D eigenvalue weighted by Crippen LogP contribution is 2.18. The molecular formula is C76H136O6. The number of hydrogen-bond donors (Lipinski definition) is 0. The van der Waals surface area contributed by atoms with Crippen LogP contribution in [0.25, 0.3) is 0 Å². The molecule has 1 atom stereocenters. The van der Waals surface area contributed by atoms with Crippen LogP contribution in [0.4, 0.5) is 0 Å². The lowest BCUT2D eigenvalue weighted by molar-refractivity contribution is -0.167. The summed E-state index contributed by atoms with van der Waals surface area (Å²) in [6.45, 7) is 6.56. The minimum Gasteiger partial charge on any atom is -0.462 e. The van der Waals surface area contributed by atoms with Crippen molar-refractivity contribution in [3.63, 3.8) is 0 Å². The number of esters is 3. The van der Waals surface area contributed by atoms with Gasteiger partial charge in [-0.15, -0.1) is 0 Å². The molecule has 6 heteroatoms. The number of ether oxygens (including phenoxy) is 3. The summed E-state index contributed by atoms with van der Waals surface area (Å²) in [5, 5.41) is 0. The normalized spacial score (nSPS) is 12.5. The average Bonchev–Trinajstić information content (AvgIpc) is 3.47. The van der Waals surface area contributed by atoms with Gasteiger partial charge in [0, 0.05) is 19.3 Å². The Labute approximate surface area is 510 Å². The number of hydrogen-bond acceptors (Lipinski definition) is 6. The number of rotatable bonds is 66. The Bertz CT molecular complexity index is 1500. The van der Waals surface area contributed by atoms with E-state index in [-0.39, 0.29) is 37.5 Å². The summed E-state index contributed by atoms with van der Waals surface area (Å²) in [6, 6.07) is 0. The Morgan fingerprint density at radius 1 is 0.256 bits per heavy atom. The minimum atomic E-state index is -0.798. The molecule has 476 valence electrons. The van der Waals surface area contributed by atoms with E-state index in [0.717, 1.165) is 89.9 Å². The largest absolute Gasteiger partial charge is 0.462 e. The topological polar surface area (TPSA) is 78.9 Å². The smallest absolute Gasteiger partial charge is 0.306 e. The maximum absolute atomic E-state index is 12.9. The molecule has 0 radical (unpaired) electrons. The third kappa shape index (κ3) is 67.6. The van der Waals surface area contributed by atoms with Crippen molar-refractivity contribution in [2.75, 3.05) is 13.2 Å². The van der Waals surface area contributed by atoms with Crippen LogP contribution in [0, 0.1) is 0 Å². The molecule has 0 bridgehead atoms. The Balaban J connectivity index is 4.38. The van der Waals surface area contributed by atoms with E-state index in [1.54, 1.807) is 0 Å². The van der Waals surface area contributed by atoms with Crippen LogP contribution in [-0.4, -0.2) is 37.2 Å². The fourth-order valence-corrected chi connectivity index (χ4v) is 10.6. The molecular weight excluding hydrogens is 1010 g/mol. The Morgan fingerprint density at radius 3 is 0.744 bits per heavy atom. The molecule has 0 aromatic rings. The number of carbonyl (C=O) groups excluding carboxylic acids is 3. The predicted octanol–water partition coefficient (Wildman–Crippen LogP) is 24.8. The van der Waals surface area contributed by atoms with E-state index in [1.165, 1.54) is 238 Å². The van der Waals surface area contributed by atoms with Gasteiger partial charge in [-0.1, -0.05) is 357 Å². The maximum atomic E-state index is 12.9. The van der Waals surface area contributed by atoms with Crippen LogP contribution in [-0.2, 0) is 28.6 Å². The highest BCUT2D eigenvalue weighted by molar-refractivity contribution is 5.71. The van der Waals surface area contributed by atoms with Crippen molar-refractivity contribution in [2.45, 2.75) is 380 Å². The van der Waals surface area contributed by atoms with E-state index in [2.05, 4.69) is 93.7 Å². The van der Waals surface area contributed by atoms with E-state index >= 15 is 0 Å². The molecule has 0 aliphatic rings. The van der Waals surface area contributed by atoms with Gasteiger partial charge in [-0.05, 0) is 70.6 Å². The summed E-state index contributed by atoms with van der Waals surface area (Å²) in [6.07, 6.45) is 92.2. The van der Waals surface area contributed by atoms with Crippen LogP contribution in [0.5, 0.6) is 0 Å². The zero-order valence-electron chi connectivity index (χ0n) is 54.8. The van der Waals surface area contributed by atoms with Crippen molar-refractivity contribution in [1.29, 1.82) is 0 Å². The lowest BCUT2D eigenvalue weighted by Crippen LogP contribution is -2.30. The second-order valence-electron chi connectivity index (χ2n) is 24.1. The van der Waals surface area contributed by atoms with Gasteiger partial charge in [-0.3, -0.25) is 14.4 Å². The summed E-state index contributed by atoms with van der Waals surface area (Å²) < 4.78 is 17.0. The molecule has 1 unspecified atom stereocenters. The van der Waals surface area contributed by atoms with Crippen molar-refractivity contribution < 1.29 is 28.6 Å². The number of allylic oxidation sites excluding steroid dienone is 12. The van der Waals surface area contributed by atoms with Crippen molar-refractivity contribution >= 4 is 17.9 Å². The molecule has 6 nitrogen and oxygen atoms in total. The first-order chi connectivity index (χ1) is 40.5. The first-order valence-electron chi connectivity index (χ1n) is 35.9. The molecule has 0 spiro atoms. The standard InChI is InChI=1S/C76H136O6/c1-4-7-10-13-16-19-22-25-28-31-34-36-37-38-40-42-45-48-51-54-57-60-63-66-69-75(78)81-72-73(71-80-74(77)68-65-62-59-56-53-50-47-44-41-33-30-27-24-21-18-15-12-9-6-3)82-76(79)70-67-64-61-58-55-52-49-46-43-39-35-32-29-26-23-20-17-14-11-8-5-2/h8,11,17,20,26,29,35,39,46,49,55,58,73H,4-7,9-10,12-16,18-19,21-25,27-28,30-34,36-38,40-45,47-48,50-54,56-57,59-72H2,1-3H3/b11-8-,20-17-,29-26-,39-35-,49-46-,58-55-. The van der Waals surface area contributed by atoms with E-state index in [0.29, 0.717) is 19.3 Å². The van der Waals surface area contributed by atoms with Gasteiger partial charge in [-0.2, -0.15) is 0 Å². The molecule has 0 saturated carbocycles. The monoisotopic (exact) mass is 1150 g/mol. The molecule has 0 aromatic carbocycles. The Morgan fingerprint density at radius 2 is 0.476 bits per heavy atom. The highest BCUT2D eigenvalue weighted by Gasteiger charge is 2.19. The lowest BCUT2D eigenvalue weighted by Gasteiger charge is -2.18. The van der Waals surface area contributed by atoms with Crippen LogP contribution in [0.2, 0.25) is 0 Å². The number of unbranched alkanes of at least 4 members (excludes halogenated alkanes) is 43. The van der Waals surface area contributed by atoms with Crippen LogP contribution in [0.1, 0.15) is 374 Å². The van der Waals surface area contributed by atoms with E-state index in [1.807, 2.05) is 0 Å².